The highest BCUT2D eigenvalue weighted by molar-refractivity contribution is 7.80. The largest absolute Gasteiger partial charge is 0.502 e. The van der Waals surface area contributed by atoms with Gasteiger partial charge in [0.25, 0.3) is 11.8 Å². The number of carbonyl (C=O) groups is 2. The number of rotatable bonds is 3. The standard InChI is InChI=1S/C17H10ClN3O5S/c18-10-2-4-11(5-3-10)20-16(24)12(15(23)19-17(20)27)7-9-1-6-14(22)13(8-9)21(25)26/h1-8,22H,(H,19,23,27)/b12-7+. The summed E-state index contributed by atoms with van der Waals surface area (Å²) >= 11 is 10.9. The van der Waals surface area contributed by atoms with Gasteiger partial charge in [-0.2, -0.15) is 0 Å². The zero-order valence-corrected chi connectivity index (χ0v) is 15.0. The monoisotopic (exact) mass is 403 g/mol. The molecule has 2 N–H and O–H groups in total. The number of hydrogen-bond donors (Lipinski definition) is 2. The van der Waals surface area contributed by atoms with Crippen molar-refractivity contribution in [2.24, 2.45) is 0 Å². The minimum Gasteiger partial charge on any atom is -0.502 e. The zero-order valence-electron chi connectivity index (χ0n) is 13.4. The highest BCUT2D eigenvalue weighted by Crippen LogP contribution is 2.28. The molecule has 0 atom stereocenters. The van der Waals surface area contributed by atoms with E-state index in [0.717, 1.165) is 17.0 Å². The Labute approximate surface area is 162 Å². The highest BCUT2D eigenvalue weighted by atomic mass is 35.5. The fraction of sp³-hybridized carbons (Fsp3) is 0. The maximum atomic E-state index is 12.8. The summed E-state index contributed by atoms with van der Waals surface area (Å²) in [5, 5.41) is 23.2. The van der Waals surface area contributed by atoms with Crippen LogP contribution in [-0.4, -0.2) is 27.0 Å². The Hall–Kier alpha value is -3.30. The fourth-order valence-electron chi connectivity index (χ4n) is 2.43. The quantitative estimate of drug-likeness (QED) is 0.268. The summed E-state index contributed by atoms with van der Waals surface area (Å²) in [6.45, 7) is 0. The van der Waals surface area contributed by atoms with E-state index in [-0.39, 0.29) is 16.2 Å². The van der Waals surface area contributed by atoms with Crippen LogP contribution in [0.1, 0.15) is 5.56 Å². The van der Waals surface area contributed by atoms with Crippen LogP contribution < -0.4 is 10.2 Å². The number of aromatic hydroxyl groups is 1. The van der Waals surface area contributed by atoms with Gasteiger partial charge in [-0.3, -0.25) is 29.9 Å². The topological polar surface area (TPSA) is 113 Å². The fourth-order valence-corrected chi connectivity index (χ4v) is 2.83. The molecule has 1 aliphatic rings. The van der Waals surface area contributed by atoms with Crippen molar-refractivity contribution < 1.29 is 19.6 Å². The number of phenolic OH excluding ortho intramolecular Hbond substituents is 1. The average molecular weight is 404 g/mol. The molecule has 1 heterocycles. The van der Waals surface area contributed by atoms with Gasteiger partial charge in [-0.1, -0.05) is 17.7 Å². The zero-order chi connectivity index (χ0) is 19.7. The third-order valence-corrected chi connectivity index (χ3v) is 4.23. The highest BCUT2D eigenvalue weighted by Gasteiger charge is 2.34. The number of nitrogens with zero attached hydrogens (tertiary/aromatic N) is 2. The molecule has 0 spiro atoms. The lowest BCUT2D eigenvalue weighted by molar-refractivity contribution is -0.385. The first-order valence-electron chi connectivity index (χ1n) is 7.42. The molecule has 0 aromatic heterocycles. The second-order valence-electron chi connectivity index (χ2n) is 5.44. The summed E-state index contributed by atoms with van der Waals surface area (Å²) in [4.78, 5) is 36.3. The van der Waals surface area contributed by atoms with Crippen molar-refractivity contribution in [1.82, 2.24) is 5.32 Å². The maximum Gasteiger partial charge on any atom is 0.311 e. The van der Waals surface area contributed by atoms with E-state index >= 15 is 0 Å². The molecule has 2 amide bonds. The Kier molecular flexibility index (Phi) is 4.89. The Bertz CT molecular complexity index is 1020. The summed E-state index contributed by atoms with van der Waals surface area (Å²) in [6.07, 6.45) is 1.19. The first kappa shape index (κ1) is 18.5. The first-order chi connectivity index (χ1) is 12.8. The van der Waals surface area contributed by atoms with E-state index in [1.807, 2.05) is 0 Å². The van der Waals surface area contributed by atoms with Crippen LogP contribution in [0.25, 0.3) is 6.08 Å². The first-order valence-corrected chi connectivity index (χ1v) is 8.21. The molecule has 27 heavy (non-hydrogen) atoms. The number of halogens is 1. The Morgan fingerprint density at radius 1 is 1.19 bits per heavy atom. The lowest BCUT2D eigenvalue weighted by Crippen LogP contribution is -2.54. The van der Waals surface area contributed by atoms with Crippen molar-refractivity contribution in [3.63, 3.8) is 0 Å². The Morgan fingerprint density at radius 3 is 2.48 bits per heavy atom. The molecule has 0 aliphatic carbocycles. The van der Waals surface area contributed by atoms with Crippen LogP contribution in [0.4, 0.5) is 11.4 Å². The van der Waals surface area contributed by atoms with Crippen LogP contribution in [0.5, 0.6) is 5.75 Å². The normalized spacial score (nSPS) is 15.8. The number of nitrogens with one attached hydrogen (secondary N) is 1. The summed E-state index contributed by atoms with van der Waals surface area (Å²) in [5.74, 6) is -1.95. The van der Waals surface area contributed by atoms with Gasteiger partial charge in [0.05, 0.1) is 10.6 Å². The van der Waals surface area contributed by atoms with Gasteiger partial charge in [0, 0.05) is 11.1 Å². The molecule has 1 saturated heterocycles. The molecule has 2 aromatic rings. The predicted octanol–water partition coefficient (Wildman–Crippen LogP) is 2.79. The van der Waals surface area contributed by atoms with E-state index in [1.54, 1.807) is 24.3 Å². The molecule has 136 valence electrons. The van der Waals surface area contributed by atoms with E-state index in [9.17, 15) is 24.8 Å². The smallest absolute Gasteiger partial charge is 0.311 e. The second kappa shape index (κ2) is 7.14. The van der Waals surface area contributed by atoms with Gasteiger partial charge in [-0.15, -0.1) is 0 Å². The molecule has 3 rings (SSSR count). The summed E-state index contributed by atoms with van der Waals surface area (Å²) in [7, 11) is 0. The lowest BCUT2D eigenvalue weighted by atomic mass is 10.1. The van der Waals surface area contributed by atoms with Crippen LogP contribution in [0, 0.1) is 10.1 Å². The van der Waals surface area contributed by atoms with Crippen molar-refractivity contribution in [3.05, 3.63) is 68.7 Å². The summed E-state index contributed by atoms with van der Waals surface area (Å²) in [6, 6.07) is 9.77. The van der Waals surface area contributed by atoms with Crippen LogP contribution in [0.15, 0.2) is 48.0 Å². The van der Waals surface area contributed by atoms with Crippen molar-refractivity contribution in [1.29, 1.82) is 0 Å². The lowest BCUT2D eigenvalue weighted by Gasteiger charge is -2.28. The predicted molar refractivity (Wildman–Crippen MR) is 102 cm³/mol. The molecule has 0 radical (unpaired) electrons. The number of anilines is 1. The molecule has 1 aliphatic heterocycles. The SMILES string of the molecule is O=C1NC(=S)N(c2ccc(Cl)cc2)C(=O)/C1=C/c1ccc(O)c([N+](=O)[O-])c1. The van der Waals surface area contributed by atoms with Gasteiger partial charge < -0.3 is 5.11 Å². The molecular weight excluding hydrogens is 394 g/mol. The number of benzene rings is 2. The molecule has 8 nitrogen and oxygen atoms in total. The van der Waals surface area contributed by atoms with Crippen LogP contribution in [0.3, 0.4) is 0 Å². The molecular formula is C17H10ClN3O5S. The number of nitro benzene ring substituents is 1. The van der Waals surface area contributed by atoms with Gasteiger partial charge in [0.1, 0.15) is 5.57 Å². The Morgan fingerprint density at radius 2 is 1.85 bits per heavy atom. The van der Waals surface area contributed by atoms with E-state index < -0.39 is 28.2 Å². The number of amides is 2. The van der Waals surface area contributed by atoms with Crippen LogP contribution >= 0.6 is 23.8 Å². The van der Waals surface area contributed by atoms with Gasteiger partial charge in [-0.25, -0.2) is 0 Å². The number of nitro groups is 1. The minimum absolute atomic E-state index is 0.0961. The summed E-state index contributed by atoms with van der Waals surface area (Å²) < 4.78 is 0. The van der Waals surface area contributed by atoms with Crippen LogP contribution in [0.2, 0.25) is 5.02 Å². The number of thiocarbonyl (C=S) groups is 1. The summed E-state index contributed by atoms with van der Waals surface area (Å²) in [5.41, 5.74) is -0.213. The number of hydrogen-bond acceptors (Lipinski definition) is 6. The maximum absolute atomic E-state index is 12.8. The molecule has 0 bridgehead atoms. The number of carbonyl (C=O) groups excluding carboxylic acids is 2. The van der Waals surface area contributed by atoms with Crippen molar-refractivity contribution in [3.8, 4) is 5.75 Å². The van der Waals surface area contributed by atoms with Crippen molar-refractivity contribution in [2.75, 3.05) is 4.90 Å². The van der Waals surface area contributed by atoms with Gasteiger partial charge in [-0.05, 0) is 54.2 Å². The van der Waals surface area contributed by atoms with Gasteiger partial charge in [0.15, 0.2) is 10.9 Å². The van der Waals surface area contributed by atoms with Crippen LogP contribution in [-0.2, 0) is 9.59 Å². The van der Waals surface area contributed by atoms with E-state index in [1.165, 1.54) is 12.1 Å². The third-order valence-electron chi connectivity index (χ3n) is 3.69. The van der Waals surface area contributed by atoms with Crippen molar-refractivity contribution >= 4 is 58.2 Å². The van der Waals surface area contributed by atoms with E-state index in [0.29, 0.717) is 10.7 Å². The second-order valence-corrected chi connectivity index (χ2v) is 6.26. The van der Waals surface area contributed by atoms with Crippen molar-refractivity contribution in [2.45, 2.75) is 0 Å². The molecule has 1 fully saturated rings. The molecule has 10 heteroatoms. The number of phenols is 1. The molecule has 2 aromatic carbocycles. The molecule has 0 unspecified atom stereocenters. The van der Waals surface area contributed by atoms with Gasteiger partial charge >= 0.3 is 5.69 Å². The van der Waals surface area contributed by atoms with E-state index in [2.05, 4.69) is 5.32 Å². The average Bonchev–Trinajstić information content (AvgIpc) is 2.61. The molecule has 0 saturated carbocycles. The minimum atomic E-state index is -0.769. The van der Waals surface area contributed by atoms with E-state index in [4.69, 9.17) is 23.8 Å². The van der Waals surface area contributed by atoms with Gasteiger partial charge in [0.2, 0.25) is 0 Å². The third kappa shape index (κ3) is 3.64. The Balaban J connectivity index is 2.03.